The third kappa shape index (κ3) is 3.69. The lowest BCUT2D eigenvalue weighted by atomic mass is 10.0. The number of nitrogens with zero attached hydrogens (tertiary/aromatic N) is 4. The number of benzene rings is 1. The fourth-order valence-corrected chi connectivity index (χ4v) is 3.28. The summed E-state index contributed by atoms with van der Waals surface area (Å²) in [6.07, 6.45) is 4.06. The quantitative estimate of drug-likeness (QED) is 0.756. The largest absolute Gasteiger partial charge is 0.336 e. The smallest absolute Gasteiger partial charge is 0.254 e. The number of carbonyl (C=O) groups excluding carboxylic acids is 1. The van der Waals surface area contributed by atoms with Gasteiger partial charge in [-0.15, -0.1) is 0 Å². The molecule has 142 valence electrons. The molecule has 0 saturated heterocycles. The lowest BCUT2D eigenvalue weighted by molar-refractivity contribution is -0.131. The first-order valence-electron chi connectivity index (χ1n) is 9.24. The van der Waals surface area contributed by atoms with E-state index in [0.29, 0.717) is 48.7 Å². The Bertz CT molecular complexity index is 1070. The molecular formula is C21H21N5O2. The van der Waals surface area contributed by atoms with Crippen molar-refractivity contribution in [2.75, 3.05) is 6.54 Å². The van der Waals surface area contributed by atoms with E-state index in [9.17, 15) is 9.59 Å². The molecule has 0 atom stereocenters. The highest BCUT2D eigenvalue weighted by Crippen LogP contribution is 2.18. The molecule has 1 aromatic carbocycles. The van der Waals surface area contributed by atoms with Crippen LogP contribution in [0.25, 0.3) is 11.5 Å². The zero-order valence-electron chi connectivity index (χ0n) is 15.9. The van der Waals surface area contributed by atoms with Crippen LogP contribution in [0, 0.1) is 13.8 Å². The third-order valence-electron chi connectivity index (χ3n) is 4.93. The molecule has 0 bridgehead atoms. The van der Waals surface area contributed by atoms with E-state index in [2.05, 4.69) is 19.9 Å². The monoisotopic (exact) mass is 375 g/mol. The Hall–Kier alpha value is -3.35. The highest BCUT2D eigenvalue weighted by atomic mass is 16.2. The minimum Gasteiger partial charge on any atom is -0.336 e. The predicted molar refractivity (Wildman–Crippen MR) is 105 cm³/mol. The van der Waals surface area contributed by atoms with Crippen LogP contribution in [0.4, 0.5) is 0 Å². The fraction of sp³-hybridized carbons (Fsp3) is 0.286. The molecule has 28 heavy (non-hydrogen) atoms. The predicted octanol–water partition coefficient (Wildman–Crippen LogP) is 1.97. The molecule has 1 aliphatic rings. The number of aromatic nitrogens is 4. The molecule has 1 N–H and O–H groups in total. The van der Waals surface area contributed by atoms with Gasteiger partial charge in [-0.2, -0.15) is 0 Å². The van der Waals surface area contributed by atoms with Gasteiger partial charge in [0.2, 0.25) is 5.91 Å². The molecule has 3 aromatic rings. The summed E-state index contributed by atoms with van der Waals surface area (Å²) < 4.78 is 0. The zero-order chi connectivity index (χ0) is 19.7. The summed E-state index contributed by atoms with van der Waals surface area (Å²) in [4.78, 5) is 42.8. The van der Waals surface area contributed by atoms with E-state index < -0.39 is 0 Å². The van der Waals surface area contributed by atoms with Gasteiger partial charge in [-0.1, -0.05) is 29.8 Å². The van der Waals surface area contributed by atoms with Crippen molar-refractivity contribution in [2.45, 2.75) is 33.2 Å². The topological polar surface area (TPSA) is 91.8 Å². The van der Waals surface area contributed by atoms with E-state index in [1.807, 2.05) is 38.1 Å². The van der Waals surface area contributed by atoms with Crippen LogP contribution in [0.2, 0.25) is 0 Å². The van der Waals surface area contributed by atoms with Crippen LogP contribution in [0.1, 0.15) is 28.1 Å². The second-order valence-corrected chi connectivity index (χ2v) is 7.11. The molecule has 4 rings (SSSR count). The van der Waals surface area contributed by atoms with Crippen molar-refractivity contribution in [3.63, 3.8) is 0 Å². The number of amides is 1. The molecule has 2 aromatic heterocycles. The molecule has 7 heteroatoms. The SMILES string of the molecule is Cc1ccc(CC(=O)N2CCc3c(nc(-c4cnc(C)cn4)[nH]c3=O)C2)cc1. The highest BCUT2D eigenvalue weighted by molar-refractivity contribution is 5.79. The van der Waals surface area contributed by atoms with Gasteiger partial charge in [0.05, 0.1) is 30.6 Å². The number of hydrogen-bond donors (Lipinski definition) is 1. The van der Waals surface area contributed by atoms with Crippen molar-refractivity contribution in [1.29, 1.82) is 0 Å². The summed E-state index contributed by atoms with van der Waals surface area (Å²) in [5, 5.41) is 0. The molecule has 7 nitrogen and oxygen atoms in total. The second kappa shape index (κ2) is 7.34. The van der Waals surface area contributed by atoms with Gasteiger partial charge in [-0.05, 0) is 25.8 Å². The zero-order valence-corrected chi connectivity index (χ0v) is 15.9. The van der Waals surface area contributed by atoms with E-state index in [1.165, 1.54) is 5.56 Å². The third-order valence-corrected chi connectivity index (χ3v) is 4.93. The van der Waals surface area contributed by atoms with Crippen LogP contribution in [-0.4, -0.2) is 37.3 Å². The number of rotatable bonds is 3. The molecule has 1 aliphatic heterocycles. The van der Waals surface area contributed by atoms with Crippen molar-refractivity contribution in [3.05, 3.63) is 75.1 Å². The van der Waals surface area contributed by atoms with Crippen LogP contribution < -0.4 is 5.56 Å². The summed E-state index contributed by atoms with van der Waals surface area (Å²) in [5.74, 6) is 0.414. The Labute approximate surface area is 162 Å². The van der Waals surface area contributed by atoms with Gasteiger partial charge in [-0.25, -0.2) is 9.97 Å². The van der Waals surface area contributed by atoms with E-state index >= 15 is 0 Å². The molecule has 0 saturated carbocycles. The molecule has 0 fully saturated rings. The van der Waals surface area contributed by atoms with E-state index in [4.69, 9.17) is 0 Å². The second-order valence-electron chi connectivity index (χ2n) is 7.11. The van der Waals surface area contributed by atoms with Crippen LogP contribution in [0.5, 0.6) is 0 Å². The maximum Gasteiger partial charge on any atom is 0.254 e. The molecule has 0 unspecified atom stereocenters. The Balaban J connectivity index is 1.56. The highest BCUT2D eigenvalue weighted by Gasteiger charge is 2.24. The average Bonchev–Trinajstić information content (AvgIpc) is 2.69. The minimum absolute atomic E-state index is 0.0354. The summed E-state index contributed by atoms with van der Waals surface area (Å²) in [6.45, 7) is 4.71. The van der Waals surface area contributed by atoms with Crippen LogP contribution in [0.15, 0.2) is 41.5 Å². The Morgan fingerprint density at radius 1 is 1.14 bits per heavy atom. The van der Waals surface area contributed by atoms with Gasteiger partial charge in [0.15, 0.2) is 5.82 Å². The summed E-state index contributed by atoms with van der Waals surface area (Å²) >= 11 is 0. The van der Waals surface area contributed by atoms with Gasteiger partial charge in [0.25, 0.3) is 5.56 Å². The first kappa shape index (κ1) is 18.0. The Morgan fingerprint density at radius 2 is 1.93 bits per heavy atom. The van der Waals surface area contributed by atoms with Crippen molar-refractivity contribution in [2.24, 2.45) is 0 Å². The number of fused-ring (bicyclic) bond motifs is 1. The molecule has 1 amide bonds. The number of aryl methyl sites for hydroxylation is 2. The van der Waals surface area contributed by atoms with Gasteiger partial charge in [0, 0.05) is 18.3 Å². The van der Waals surface area contributed by atoms with Gasteiger partial charge in [0.1, 0.15) is 5.69 Å². The lowest BCUT2D eigenvalue weighted by Gasteiger charge is -2.28. The van der Waals surface area contributed by atoms with Crippen molar-refractivity contribution in [3.8, 4) is 11.5 Å². The molecule has 0 radical (unpaired) electrons. The van der Waals surface area contributed by atoms with Crippen molar-refractivity contribution in [1.82, 2.24) is 24.8 Å². The van der Waals surface area contributed by atoms with Gasteiger partial charge >= 0.3 is 0 Å². The van der Waals surface area contributed by atoms with Crippen molar-refractivity contribution >= 4 is 5.91 Å². The molecule has 0 aliphatic carbocycles. The Morgan fingerprint density at radius 3 is 2.64 bits per heavy atom. The number of aromatic amines is 1. The van der Waals surface area contributed by atoms with Crippen LogP contribution in [0.3, 0.4) is 0 Å². The molecule has 3 heterocycles. The standard InChI is InChI=1S/C21H21N5O2/c1-13-3-5-15(6-4-13)9-19(27)26-8-7-16-18(12-26)24-20(25-21(16)28)17-11-22-14(2)10-23-17/h3-6,10-11H,7-9,12H2,1-2H3,(H,24,25,28). The minimum atomic E-state index is -0.173. The molecule has 0 spiro atoms. The summed E-state index contributed by atoms with van der Waals surface area (Å²) in [5.41, 5.74) is 4.54. The summed E-state index contributed by atoms with van der Waals surface area (Å²) in [6, 6.07) is 7.96. The van der Waals surface area contributed by atoms with E-state index in [-0.39, 0.29) is 11.5 Å². The first-order chi connectivity index (χ1) is 13.5. The maximum absolute atomic E-state index is 12.7. The van der Waals surface area contributed by atoms with E-state index in [1.54, 1.807) is 17.3 Å². The first-order valence-corrected chi connectivity index (χ1v) is 9.24. The lowest BCUT2D eigenvalue weighted by Crippen LogP contribution is -2.40. The van der Waals surface area contributed by atoms with Crippen LogP contribution in [-0.2, 0) is 24.2 Å². The number of H-pyrrole nitrogens is 1. The summed E-state index contributed by atoms with van der Waals surface area (Å²) in [7, 11) is 0. The Kier molecular flexibility index (Phi) is 4.73. The maximum atomic E-state index is 12.7. The fourth-order valence-electron chi connectivity index (χ4n) is 3.28. The number of hydrogen-bond acceptors (Lipinski definition) is 5. The molecular weight excluding hydrogens is 354 g/mol. The van der Waals surface area contributed by atoms with Crippen LogP contribution >= 0.6 is 0 Å². The normalized spacial score (nSPS) is 13.3. The number of nitrogens with one attached hydrogen (secondary N) is 1. The van der Waals surface area contributed by atoms with E-state index in [0.717, 1.165) is 11.3 Å². The number of carbonyl (C=O) groups is 1. The van der Waals surface area contributed by atoms with Gasteiger partial charge in [-0.3, -0.25) is 14.6 Å². The van der Waals surface area contributed by atoms with Gasteiger partial charge < -0.3 is 9.88 Å². The average molecular weight is 375 g/mol. The van der Waals surface area contributed by atoms with Crippen molar-refractivity contribution < 1.29 is 4.79 Å².